The summed E-state index contributed by atoms with van der Waals surface area (Å²) in [5.74, 6) is 0.624. The fourth-order valence-electron chi connectivity index (χ4n) is 2.31. The van der Waals surface area contributed by atoms with Gasteiger partial charge in [-0.15, -0.1) is 11.3 Å². The Bertz CT molecular complexity index is 405. The van der Waals surface area contributed by atoms with Gasteiger partial charge in [-0.05, 0) is 19.8 Å². The normalized spacial score (nSPS) is 20.1. The first kappa shape index (κ1) is 13.5. The van der Waals surface area contributed by atoms with Gasteiger partial charge < -0.3 is 9.64 Å². The molecule has 0 spiro atoms. The van der Waals surface area contributed by atoms with E-state index < -0.39 is 0 Å². The highest BCUT2D eigenvalue weighted by atomic mass is 32.1. The van der Waals surface area contributed by atoms with Crippen molar-refractivity contribution in [3.63, 3.8) is 0 Å². The number of thiazole rings is 1. The van der Waals surface area contributed by atoms with Crippen molar-refractivity contribution < 1.29 is 9.53 Å². The van der Waals surface area contributed by atoms with Crippen LogP contribution in [-0.2, 0) is 9.53 Å². The van der Waals surface area contributed by atoms with Crippen molar-refractivity contribution >= 4 is 17.2 Å². The van der Waals surface area contributed by atoms with Gasteiger partial charge in [0.1, 0.15) is 0 Å². The van der Waals surface area contributed by atoms with Crippen molar-refractivity contribution in [2.45, 2.75) is 32.1 Å². The third kappa shape index (κ3) is 3.29. The van der Waals surface area contributed by atoms with E-state index >= 15 is 0 Å². The van der Waals surface area contributed by atoms with Gasteiger partial charge in [0.05, 0.1) is 18.0 Å². The summed E-state index contributed by atoms with van der Waals surface area (Å²) in [7, 11) is 1.63. The fraction of sp³-hybridized carbons (Fsp3) is 0.692. The smallest absolute Gasteiger partial charge is 0.224 e. The number of carbonyl (C=O) groups excluding carboxylic acids is 1. The molecule has 1 saturated heterocycles. The number of methoxy groups -OCH3 is 1. The number of piperidine rings is 1. The molecule has 1 aromatic rings. The second-order valence-electron chi connectivity index (χ2n) is 4.75. The lowest BCUT2D eigenvalue weighted by Crippen LogP contribution is -2.39. The molecule has 1 atom stereocenters. The summed E-state index contributed by atoms with van der Waals surface area (Å²) in [4.78, 5) is 18.5. The quantitative estimate of drug-likeness (QED) is 0.840. The van der Waals surface area contributed by atoms with Gasteiger partial charge in [-0.2, -0.15) is 0 Å². The van der Waals surface area contributed by atoms with Crippen LogP contribution < -0.4 is 0 Å². The van der Waals surface area contributed by atoms with Crippen LogP contribution >= 0.6 is 11.3 Å². The molecule has 1 amide bonds. The first-order chi connectivity index (χ1) is 8.70. The molecule has 1 fully saturated rings. The second kappa shape index (κ2) is 6.29. The number of aromatic nitrogens is 1. The van der Waals surface area contributed by atoms with E-state index in [1.807, 2.05) is 11.8 Å². The Morgan fingerprint density at radius 3 is 3.17 bits per heavy atom. The third-order valence-electron chi connectivity index (χ3n) is 3.28. The van der Waals surface area contributed by atoms with E-state index in [0.717, 1.165) is 31.6 Å². The Hall–Kier alpha value is -0.940. The minimum absolute atomic E-state index is 0.204. The number of aryl methyl sites for hydroxylation is 1. The van der Waals surface area contributed by atoms with Crippen LogP contribution in [0, 0.1) is 6.92 Å². The van der Waals surface area contributed by atoms with Crippen LogP contribution in [0.2, 0.25) is 0 Å². The van der Waals surface area contributed by atoms with Crippen molar-refractivity contribution in [2.24, 2.45) is 0 Å². The zero-order valence-electron chi connectivity index (χ0n) is 11.0. The van der Waals surface area contributed by atoms with Crippen LogP contribution in [0.15, 0.2) is 5.38 Å². The minimum Gasteiger partial charge on any atom is -0.384 e. The largest absolute Gasteiger partial charge is 0.384 e. The molecule has 1 aliphatic heterocycles. The van der Waals surface area contributed by atoms with Crippen molar-refractivity contribution in [3.05, 3.63) is 16.1 Å². The standard InChI is InChI=1S/C13H20N2O2S/c1-10-9-18-13(14-10)11-4-3-6-15(8-11)12(16)5-7-17-2/h9,11H,3-8H2,1-2H3/t11-/m1/s1. The summed E-state index contributed by atoms with van der Waals surface area (Å²) < 4.78 is 4.96. The molecule has 0 unspecified atom stereocenters. The Morgan fingerprint density at radius 1 is 1.67 bits per heavy atom. The number of hydrogen-bond acceptors (Lipinski definition) is 4. The zero-order valence-corrected chi connectivity index (χ0v) is 11.8. The average molecular weight is 268 g/mol. The molecule has 0 radical (unpaired) electrons. The first-order valence-corrected chi connectivity index (χ1v) is 7.27. The van der Waals surface area contributed by atoms with Crippen LogP contribution in [0.3, 0.4) is 0 Å². The van der Waals surface area contributed by atoms with Gasteiger partial charge in [0.2, 0.25) is 5.91 Å². The van der Waals surface area contributed by atoms with Crippen molar-refractivity contribution in [2.75, 3.05) is 26.8 Å². The average Bonchev–Trinajstić information content (AvgIpc) is 2.83. The Balaban J connectivity index is 1.94. The summed E-state index contributed by atoms with van der Waals surface area (Å²) in [6.45, 7) is 4.22. The molecular formula is C13H20N2O2S. The van der Waals surface area contributed by atoms with Gasteiger partial charge in [-0.25, -0.2) is 4.98 Å². The third-order valence-corrected chi connectivity index (χ3v) is 4.41. The molecule has 0 aliphatic carbocycles. The lowest BCUT2D eigenvalue weighted by atomic mass is 9.98. The fourth-order valence-corrected chi connectivity index (χ4v) is 3.24. The molecule has 4 nitrogen and oxygen atoms in total. The predicted octanol–water partition coefficient (Wildman–Crippen LogP) is 2.19. The molecular weight excluding hydrogens is 248 g/mol. The van der Waals surface area contributed by atoms with E-state index in [2.05, 4.69) is 10.4 Å². The molecule has 0 saturated carbocycles. The molecule has 0 bridgehead atoms. The molecule has 5 heteroatoms. The number of likely N-dealkylation sites (tertiary alicyclic amines) is 1. The van der Waals surface area contributed by atoms with Gasteiger partial charge >= 0.3 is 0 Å². The lowest BCUT2D eigenvalue weighted by molar-refractivity contribution is -0.133. The SMILES string of the molecule is COCCC(=O)N1CCC[C@@H](c2nc(C)cs2)C1. The number of amides is 1. The van der Waals surface area contributed by atoms with Gasteiger partial charge in [-0.1, -0.05) is 0 Å². The number of carbonyl (C=O) groups is 1. The topological polar surface area (TPSA) is 42.4 Å². The Morgan fingerprint density at radius 2 is 2.50 bits per heavy atom. The summed E-state index contributed by atoms with van der Waals surface area (Å²) in [6.07, 6.45) is 2.70. The summed E-state index contributed by atoms with van der Waals surface area (Å²) in [6, 6.07) is 0. The van der Waals surface area contributed by atoms with Crippen LogP contribution in [0.25, 0.3) is 0 Å². The highest BCUT2D eigenvalue weighted by molar-refractivity contribution is 7.09. The van der Waals surface area contributed by atoms with Gasteiger partial charge in [0, 0.05) is 37.2 Å². The maximum Gasteiger partial charge on any atom is 0.224 e. The van der Waals surface area contributed by atoms with Crippen molar-refractivity contribution in [1.29, 1.82) is 0 Å². The molecule has 18 heavy (non-hydrogen) atoms. The van der Waals surface area contributed by atoms with Crippen LogP contribution in [0.4, 0.5) is 0 Å². The number of hydrogen-bond donors (Lipinski definition) is 0. The second-order valence-corrected chi connectivity index (χ2v) is 5.64. The lowest BCUT2D eigenvalue weighted by Gasteiger charge is -2.31. The van der Waals surface area contributed by atoms with E-state index in [1.165, 1.54) is 5.01 Å². The van der Waals surface area contributed by atoms with E-state index in [0.29, 0.717) is 18.9 Å². The summed E-state index contributed by atoms with van der Waals surface area (Å²) in [5, 5.41) is 3.26. The summed E-state index contributed by atoms with van der Waals surface area (Å²) in [5.41, 5.74) is 1.08. The molecule has 0 aromatic carbocycles. The molecule has 2 rings (SSSR count). The Kier molecular flexibility index (Phi) is 4.72. The van der Waals surface area contributed by atoms with E-state index in [9.17, 15) is 4.79 Å². The maximum absolute atomic E-state index is 12.0. The molecule has 1 aromatic heterocycles. The van der Waals surface area contributed by atoms with E-state index in [1.54, 1.807) is 18.4 Å². The number of rotatable bonds is 4. The molecule has 0 N–H and O–H groups in total. The van der Waals surface area contributed by atoms with E-state index in [4.69, 9.17) is 4.74 Å². The molecule has 2 heterocycles. The number of nitrogens with zero attached hydrogens (tertiary/aromatic N) is 2. The first-order valence-electron chi connectivity index (χ1n) is 6.39. The molecule has 1 aliphatic rings. The van der Waals surface area contributed by atoms with Crippen molar-refractivity contribution in [3.8, 4) is 0 Å². The predicted molar refractivity (Wildman–Crippen MR) is 71.9 cm³/mol. The van der Waals surface area contributed by atoms with Crippen LogP contribution in [0.5, 0.6) is 0 Å². The van der Waals surface area contributed by atoms with Crippen LogP contribution in [-0.4, -0.2) is 42.6 Å². The highest BCUT2D eigenvalue weighted by Crippen LogP contribution is 2.29. The molecule has 100 valence electrons. The highest BCUT2D eigenvalue weighted by Gasteiger charge is 2.26. The van der Waals surface area contributed by atoms with Gasteiger partial charge in [0.25, 0.3) is 0 Å². The zero-order chi connectivity index (χ0) is 13.0. The van der Waals surface area contributed by atoms with Gasteiger partial charge in [-0.3, -0.25) is 4.79 Å². The number of ether oxygens (including phenoxy) is 1. The van der Waals surface area contributed by atoms with Crippen LogP contribution in [0.1, 0.15) is 35.9 Å². The Labute approximate surface area is 112 Å². The van der Waals surface area contributed by atoms with E-state index in [-0.39, 0.29) is 5.91 Å². The van der Waals surface area contributed by atoms with Gasteiger partial charge in [0.15, 0.2) is 0 Å². The summed E-state index contributed by atoms with van der Waals surface area (Å²) >= 11 is 1.71. The minimum atomic E-state index is 0.204. The van der Waals surface area contributed by atoms with Crippen molar-refractivity contribution in [1.82, 2.24) is 9.88 Å². The monoisotopic (exact) mass is 268 g/mol. The maximum atomic E-state index is 12.0.